The maximum absolute atomic E-state index is 12.3. The first-order chi connectivity index (χ1) is 9.09. The van der Waals surface area contributed by atoms with Gasteiger partial charge >= 0.3 is 0 Å². The molecule has 1 saturated heterocycles. The van der Waals surface area contributed by atoms with Gasteiger partial charge in [-0.1, -0.05) is 19.1 Å². The Hall–Kier alpha value is -1.95. The topological polar surface area (TPSA) is 84.3 Å². The smallest absolute Gasteiger partial charge is 0.292 e. The first-order valence-electron chi connectivity index (χ1n) is 6.39. The highest BCUT2D eigenvalue weighted by Crippen LogP contribution is 2.28. The Morgan fingerprint density at radius 2 is 2.26 bits per heavy atom. The van der Waals surface area contributed by atoms with E-state index >= 15 is 0 Å². The van der Waals surface area contributed by atoms with Crippen molar-refractivity contribution in [2.45, 2.75) is 31.7 Å². The fourth-order valence-corrected chi connectivity index (χ4v) is 2.44. The number of para-hydroxylation sites is 2. The number of carbonyl (C=O) groups excluding carboxylic acids is 1. The van der Waals surface area contributed by atoms with Crippen LogP contribution in [0.15, 0.2) is 24.3 Å². The molecule has 0 bridgehead atoms. The van der Waals surface area contributed by atoms with Crippen LogP contribution in [0.25, 0.3) is 0 Å². The third kappa shape index (κ3) is 2.58. The SMILES string of the molecule is CCC1(C(=O)Nc2ccccc2[N+](=O)[O-])CCCN1. The molecule has 102 valence electrons. The summed E-state index contributed by atoms with van der Waals surface area (Å²) in [7, 11) is 0. The predicted octanol–water partition coefficient (Wildman–Crippen LogP) is 2.07. The number of hydrogen-bond donors (Lipinski definition) is 2. The number of nitro groups is 1. The maximum Gasteiger partial charge on any atom is 0.292 e. The summed E-state index contributed by atoms with van der Waals surface area (Å²) >= 11 is 0. The van der Waals surface area contributed by atoms with Gasteiger partial charge in [-0.15, -0.1) is 0 Å². The molecule has 6 nitrogen and oxygen atoms in total. The van der Waals surface area contributed by atoms with E-state index in [9.17, 15) is 14.9 Å². The van der Waals surface area contributed by atoms with Gasteiger partial charge in [-0.25, -0.2) is 0 Å². The van der Waals surface area contributed by atoms with E-state index in [1.165, 1.54) is 6.07 Å². The Morgan fingerprint density at radius 3 is 2.84 bits per heavy atom. The summed E-state index contributed by atoms with van der Waals surface area (Å²) in [4.78, 5) is 22.8. The van der Waals surface area contributed by atoms with Crippen molar-refractivity contribution < 1.29 is 9.72 Å². The fourth-order valence-electron chi connectivity index (χ4n) is 2.44. The summed E-state index contributed by atoms with van der Waals surface area (Å²) in [6, 6.07) is 6.19. The van der Waals surface area contributed by atoms with Crippen LogP contribution in [0, 0.1) is 10.1 Å². The normalized spacial score (nSPS) is 22.2. The average molecular weight is 263 g/mol. The summed E-state index contributed by atoms with van der Waals surface area (Å²) < 4.78 is 0. The summed E-state index contributed by atoms with van der Waals surface area (Å²) in [5, 5.41) is 16.8. The molecule has 2 rings (SSSR count). The quantitative estimate of drug-likeness (QED) is 0.643. The molecular formula is C13H17N3O3. The molecule has 1 fully saturated rings. The average Bonchev–Trinajstić information content (AvgIpc) is 2.89. The Balaban J connectivity index is 2.21. The predicted molar refractivity (Wildman–Crippen MR) is 72.0 cm³/mol. The van der Waals surface area contributed by atoms with E-state index in [1.54, 1.807) is 18.2 Å². The van der Waals surface area contributed by atoms with Crippen LogP contribution in [0.3, 0.4) is 0 Å². The van der Waals surface area contributed by atoms with E-state index in [-0.39, 0.29) is 17.3 Å². The molecule has 2 N–H and O–H groups in total. The van der Waals surface area contributed by atoms with Crippen molar-refractivity contribution in [3.63, 3.8) is 0 Å². The lowest BCUT2D eigenvalue weighted by molar-refractivity contribution is -0.383. The minimum atomic E-state index is -0.594. The lowest BCUT2D eigenvalue weighted by Crippen LogP contribution is -2.50. The van der Waals surface area contributed by atoms with E-state index in [1.807, 2.05) is 6.92 Å². The van der Waals surface area contributed by atoms with Crippen LogP contribution in [0.4, 0.5) is 11.4 Å². The van der Waals surface area contributed by atoms with E-state index in [4.69, 9.17) is 0 Å². The second-order valence-electron chi connectivity index (χ2n) is 4.69. The minimum absolute atomic E-state index is 0.0832. The molecular weight excluding hydrogens is 246 g/mol. The van der Waals surface area contributed by atoms with E-state index in [0.717, 1.165) is 19.4 Å². The van der Waals surface area contributed by atoms with Gasteiger partial charge in [-0.3, -0.25) is 14.9 Å². The van der Waals surface area contributed by atoms with Gasteiger partial charge in [0.15, 0.2) is 0 Å². The molecule has 1 aliphatic rings. The van der Waals surface area contributed by atoms with Crippen LogP contribution in [0.2, 0.25) is 0 Å². The van der Waals surface area contributed by atoms with E-state index < -0.39 is 10.5 Å². The van der Waals surface area contributed by atoms with Crippen molar-refractivity contribution in [3.05, 3.63) is 34.4 Å². The Morgan fingerprint density at radius 1 is 1.53 bits per heavy atom. The summed E-state index contributed by atoms with van der Waals surface area (Å²) in [5.41, 5.74) is -0.428. The van der Waals surface area contributed by atoms with Crippen LogP contribution in [-0.2, 0) is 4.79 Å². The molecule has 0 aliphatic carbocycles. The lowest BCUT2D eigenvalue weighted by Gasteiger charge is -2.26. The van der Waals surface area contributed by atoms with Gasteiger partial charge in [-0.2, -0.15) is 0 Å². The number of carbonyl (C=O) groups is 1. The molecule has 19 heavy (non-hydrogen) atoms. The van der Waals surface area contributed by atoms with Crippen LogP contribution in [-0.4, -0.2) is 22.9 Å². The molecule has 0 radical (unpaired) electrons. The Labute approximate surface area is 111 Å². The third-order valence-corrected chi connectivity index (χ3v) is 3.63. The summed E-state index contributed by atoms with van der Waals surface area (Å²) in [6.07, 6.45) is 2.37. The fraction of sp³-hybridized carbons (Fsp3) is 0.462. The van der Waals surface area contributed by atoms with Crippen LogP contribution in [0.5, 0.6) is 0 Å². The monoisotopic (exact) mass is 263 g/mol. The Bertz CT molecular complexity index is 496. The molecule has 1 aromatic rings. The number of nitrogens with one attached hydrogen (secondary N) is 2. The van der Waals surface area contributed by atoms with Crippen molar-refractivity contribution in [1.82, 2.24) is 5.32 Å². The molecule has 0 saturated carbocycles. The molecule has 1 aliphatic heterocycles. The van der Waals surface area contributed by atoms with Gasteiger partial charge < -0.3 is 10.6 Å². The molecule has 1 aromatic carbocycles. The van der Waals surface area contributed by atoms with E-state index in [0.29, 0.717) is 6.42 Å². The van der Waals surface area contributed by atoms with Gasteiger partial charge in [0.2, 0.25) is 5.91 Å². The van der Waals surface area contributed by atoms with Gasteiger partial charge in [0.05, 0.1) is 10.5 Å². The first-order valence-corrected chi connectivity index (χ1v) is 6.39. The molecule has 0 spiro atoms. The molecule has 6 heteroatoms. The van der Waals surface area contributed by atoms with Gasteiger partial charge in [0.1, 0.15) is 5.69 Å². The number of nitrogens with zero attached hydrogens (tertiary/aromatic N) is 1. The number of benzene rings is 1. The number of amides is 1. The zero-order valence-electron chi connectivity index (χ0n) is 10.8. The second-order valence-corrected chi connectivity index (χ2v) is 4.69. The molecule has 1 amide bonds. The van der Waals surface area contributed by atoms with E-state index in [2.05, 4.69) is 10.6 Å². The summed E-state index contributed by atoms with van der Waals surface area (Å²) in [5.74, 6) is -0.193. The van der Waals surface area contributed by atoms with Gasteiger partial charge in [-0.05, 0) is 31.9 Å². The standard InChI is InChI=1S/C13H17N3O3/c1-2-13(8-5-9-14-13)12(17)15-10-6-3-4-7-11(10)16(18)19/h3-4,6-7,14H,2,5,8-9H2,1H3,(H,15,17). The van der Waals surface area contributed by atoms with Crippen LogP contribution >= 0.6 is 0 Å². The Kier molecular flexibility index (Phi) is 3.80. The van der Waals surface area contributed by atoms with Crippen molar-refractivity contribution in [3.8, 4) is 0 Å². The number of nitro benzene ring substituents is 1. The first kappa shape index (κ1) is 13.5. The number of hydrogen-bond acceptors (Lipinski definition) is 4. The van der Waals surface area contributed by atoms with Gasteiger partial charge in [0, 0.05) is 6.07 Å². The maximum atomic E-state index is 12.3. The highest BCUT2D eigenvalue weighted by molar-refractivity contribution is 5.99. The van der Waals surface area contributed by atoms with Crippen LogP contribution in [0.1, 0.15) is 26.2 Å². The van der Waals surface area contributed by atoms with Crippen molar-refractivity contribution >= 4 is 17.3 Å². The summed E-state index contributed by atoms with van der Waals surface area (Å²) in [6.45, 7) is 2.75. The van der Waals surface area contributed by atoms with Gasteiger partial charge in [0.25, 0.3) is 5.69 Å². The van der Waals surface area contributed by atoms with Crippen molar-refractivity contribution in [1.29, 1.82) is 0 Å². The minimum Gasteiger partial charge on any atom is -0.319 e. The molecule has 1 heterocycles. The third-order valence-electron chi connectivity index (χ3n) is 3.63. The zero-order valence-corrected chi connectivity index (χ0v) is 10.8. The van der Waals surface area contributed by atoms with Crippen LogP contribution < -0.4 is 10.6 Å². The van der Waals surface area contributed by atoms with Crippen molar-refractivity contribution in [2.75, 3.05) is 11.9 Å². The second kappa shape index (κ2) is 5.36. The number of rotatable bonds is 4. The molecule has 1 atom stereocenters. The molecule has 1 unspecified atom stereocenters. The largest absolute Gasteiger partial charge is 0.319 e. The zero-order chi connectivity index (χ0) is 13.9. The lowest BCUT2D eigenvalue weighted by atomic mass is 9.93. The molecule has 0 aromatic heterocycles. The van der Waals surface area contributed by atoms with Crippen molar-refractivity contribution in [2.24, 2.45) is 0 Å². The highest BCUT2D eigenvalue weighted by atomic mass is 16.6. The number of anilines is 1. The highest BCUT2D eigenvalue weighted by Gasteiger charge is 2.39.